The molecule has 3 aromatic carbocycles. The largest absolute Gasteiger partial charge is 0.455 e. The van der Waals surface area contributed by atoms with E-state index < -0.39 is 43.2 Å². The van der Waals surface area contributed by atoms with Crippen molar-refractivity contribution in [1.82, 2.24) is 19.7 Å². The maximum Gasteiger partial charge on any atom is 0.255 e. The fourth-order valence-corrected chi connectivity index (χ4v) is 7.19. The summed E-state index contributed by atoms with van der Waals surface area (Å²) in [6.45, 7) is 1.48. The van der Waals surface area contributed by atoms with Crippen LogP contribution in [0.25, 0.3) is 61.0 Å². The minimum atomic E-state index is -3.83. The van der Waals surface area contributed by atoms with Gasteiger partial charge in [0, 0.05) is 41.3 Å². The molecule has 1 amide bonds. The van der Waals surface area contributed by atoms with Crippen molar-refractivity contribution in [3.63, 3.8) is 0 Å². The van der Waals surface area contributed by atoms with Crippen molar-refractivity contribution in [2.45, 2.75) is 12.7 Å². The molecule has 7 aromatic rings. The lowest BCUT2D eigenvalue weighted by atomic mass is 10.0. The summed E-state index contributed by atoms with van der Waals surface area (Å²) in [5.41, 5.74) is 2.78. The number of sulfone groups is 1. The number of amides is 1. The molecule has 4 heterocycles. The molecule has 0 atom stereocenters. The highest BCUT2D eigenvalue weighted by molar-refractivity contribution is 7.92. The van der Waals surface area contributed by atoms with Gasteiger partial charge in [-0.25, -0.2) is 35.6 Å². The molecule has 0 aliphatic carbocycles. The smallest absolute Gasteiger partial charge is 0.255 e. The van der Waals surface area contributed by atoms with Crippen molar-refractivity contribution in [3.05, 3.63) is 95.8 Å². The Kier molecular flexibility index (Phi) is 7.63. The van der Waals surface area contributed by atoms with E-state index in [1.54, 1.807) is 34.7 Å². The van der Waals surface area contributed by atoms with Gasteiger partial charge < -0.3 is 9.73 Å². The standard InChI is InChI=1S/C34H27F2N5O6S2/c1-4-49(45,46)40-26-16-29-22(31(34(42)37-2)33(47-29)18-8-10-19(35)11-9-18)14-21(26)24-12-13-25-32(39-24)28-15-20-23(36)6-5-7-27(20)41(28)30(38-25)17-48(3,43)44/h5-16,40H,4,17H2,1-3H3,(H,37,42). The first-order valence-corrected chi connectivity index (χ1v) is 18.6. The van der Waals surface area contributed by atoms with Gasteiger partial charge in [-0.1, -0.05) is 6.07 Å². The highest BCUT2D eigenvalue weighted by Crippen LogP contribution is 2.40. The summed E-state index contributed by atoms with van der Waals surface area (Å²) in [5, 5.41) is 3.17. The van der Waals surface area contributed by atoms with Crippen LogP contribution in [0.15, 0.2) is 77.2 Å². The summed E-state index contributed by atoms with van der Waals surface area (Å²) < 4.78 is 89.5. The van der Waals surface area contributed by atoms with Crippen LogP contribution < -0.4 is 10.0 Å². The quantitative estimate of drug-likeness (QED) is 0.194. The molecule has 0 saturated carbocycles. The highest BCUT2D eigenvalue weighted by atomic mass is 32.2. The molecule has 0 aliphatic heterocycles. The van der Waals surface area contributed by atoms with E-state index in [1.807, 2.05) is 0 Å². The van der Waals surface area contributed by atoms with Gasteiger partial charge in [0.1, 0.15) is 40.1 Å². The molecule has 0 spiro atoms. The van der Waals surface area contributed by atoms with Crippen LogP contribution >= 0.6 is 0 Å². The number of hydrogen-bond acceptors (Lipinski definition) is 8. The van der Waals surface area contributed by atoms with Crippen LogP contribution in [0.4, 0.5) is 14.5 Å². The van der Waals surface area contributed by atoms with Crippen LogP contribution in [-0.2, 0) is 25.6 Å². The second kappa shape index (κ2) is 11.6. The lowest BCUT2D eigenvalue weighted by Crippen LogP contribution is -2.18. The summed E-state index contributed by atoms with van der Waals surface area (Å²) in [6.07, 6.45) is 1.08. The number of hydrogen-bond donors (Lipinski definition) is 2. The van der Waals surface area contributed by atoms with Gasteiger partial charge in [-0.2, -0.15) is 0 Å². The Bertz CT molecular complexity index is 2720. The molecule has 49 heavy (non-hydrogen) atoms. The van der Waals surface area contributed by atoms with Crippen LogP contribution in [0.5, 0.6) is 0 Å². The van der Waals surface area contributed by atoms with Gasteiger partial charge >= 0.3 is 0 Å². The lowest BCUT2D eigenvalue weighted by molar-refractivity contribution is 0.0964. The molecule has 0 radical (unpaired) electrons. The monoisotopic (exact) mass is 703 g/mol. The third-order valence-electron chi connectivity index (χ3n) is 8.12. The van der Waals surface area contributed by atoms with Gasteiger partial charge in [0.25, 0.3) is 5.91 Å². The number of furan rings is 1. The first-order chi connectivity index (χ1) is 23.3. The maximum absolute atomic E-state index is 15.0. The van der Waals surface area contributed by atoms with Crippen molar-refractivity contribution < 1.29 is 34.8 Å². The summed E-state index contributed by atoms with van der Waals surface area (Å²) >= 11 is 0. The van der Waals surface area contributed by atoms with Gasteiger partial charge in [-0.05, 0) is 67.6 Å². The van der Waals surface area contributed by atoms with Crippen LogP contribution in [0.1, 0.15) is 23.1 Å². The molecule has 250 valence electrons. The Balaban J connectivity index is 1.54. The molecule has 0 saturated heterocycles. The van der Waals surface area contributed by atoms with Crippen LogP contribution in [0.2, 0.25) is 0 Å². The van der Waals surface area contributed by atoms with E-state index in [1.165, 1.54) is 56.4 Å². The van der Waals surface area contributed by atoms with E-state index in [0.29, 0.717) is 33.0 Å². The molecule has 2 N–H and O–H groups in total. The molecule has 4 aromatic heterocycles. The number of sulfonamides is 1. The predicted octanol–water partition coefficient (Wildman–Crippen LogP) is 6.06. The van der Waals surface area contributed by atoms with Crippen molar-refractivity contribution in [3.8, 4) is 22.6 Å². The second-order valence-corrected chi connectivity index (χ2v) is 15.6. The van der Waals surface area contributed by atoms with Gasteiger partial charge in [0.15, 0.2) is 9.84 Å². The third-order valence-corrected chi connectivity index (χ3v) is 10.2. The van der Waals surface area contributed by atoms with E-state index in [2.05, 4.69) is 15.0 Å². The lowest BCUT2D eigenvalue weighted by Gasteiger charge is -2.14. The summed E-state index contributed by atoms with van der Waals surface area (Å²) in [6, 6.07) is 17.6. The van der Waals surface area contributed by atoms with E-state index in [0.717, 1.165) is 6.26 Å². The van der Waals surface area contributed by atoms with Gasteiger partial charge in [-0.3, -0.25) is 13.9 Å². The minimum Gasteiger partial charge on any atom is -0.455 e. The summed E-state index contributed by atoms with van der Waals surface area (Å²) in [4.78, 5) is 22.7. The van der Waals surface area contributed by atoms with Crippen LogP contribution in [0.3, 0.4) is 0 Å². The topological polar surface area (TPSA) is 153 Å². The Morgan fingerprint density at radius 2 is 1.67 bits per heavy atom. The minimum absolute atomic E-state index is 0.105. The number of halogens is 2. The van der Waals surface area contributed by atoms with E-state index in [9.17, 15) is 26.0 Å². The predicted molar refractivity (Wildman–Crippen MR) is 184 cm³/mol. The number of nitrogens with zero attached hydrogens (tertiary/aromatic N) is 3. The molecule has 0 bridgehead atoms. The number of rotatable bonds is 8. The average Bonchev–Trinajstić information content (AvgIpc) is 3.63. The van der Waals surface area contributed by atoms with Gasteiger partial charge in [0.2, 0.25) is 10.0 Å². The molecule has 0 unspecified atom stereocenters. The van der Waals surface area contributed by atoms with Gasteiger partial charge in [0.05, 0.1) is 39.2 Å². The second-order valence-electron chi connectivity index (χ2n) is 11.5. The maximum atomic E-state index is 15.0. The zero-order valence-electron chi connectivity index (χ0n) is 26.2. The highest BCUT2D eigenvalue weighted by Gasteiger charge is 2.26. The molecule has 7 rings (SSSR count). The van der Waals surface area contributed by atoms with Crippen LogP contribution in [0, 0.1) is 11.6 Å². The molecular weight excluding hydrogens is 677 g/mol. The summed E-state index contributed by atoms with van der Waals surface area (Å²) in [5.74, 6) is -1.84. The molecular formula is C34H27F2N5O6S2. The number of aromatic nitrogens is 3. The number of benzene rings is 3. The Morgan fingerprint density at radius 1 is 0.918 bits per heavy atom. The first-order valence-electron chi connectivity index (χ1n) is 14.9. The van der Waals surface area contributed by atoms with Crippen molar-refractivity contribution in [1.29, 1.82) is 0 Å². The average molecular weight is 704 g/mol. The molecule has 15 heteroatoms. The Labute approximate surface area is 278 Å². The Hall–Kier alpha value is -5.41. The fraction of sp³-hybridized carbons (Fsp3) is 0.147. The fourth-order valence-electron chi connectivity index (χ4n) is 5.88. The summed E-state index contributed by atoms with van der Waals surface area (Å²) in [7, 11) is -5.93. The van der Waals surface area contributed by atoms with Crippen molar-refractivity contribution >= 4 is 69.9 Å². The normalized spacial score (nSPS) is 12.3. The number of nitrogens with one attached hydrogen (secondary N) is 2. The van der Waals surface area contributed by atoms with Crippen molar-refractivity contribution in [2.24, 2.45) is 0 Å². The number of carbonyl (C=O) groups excluding carboxylic acids is 1. The zero-order valence-corrected chi connectivity index (χ0v) is 27.8. The SMILES string of the molecule is CCS(=O)(=O)Nc1cc2oc(-c3ccc(F)cc3)c(C(=O)NC)c2cc1-c1ccc2nc(CS(C)(=O)=O)n3c4cccc(F)c4cc3c2n1. The van der Waals surface area contributed by atoms with Crippen LogP contribution in [-0.4, -0.2) is 56.2 Å². The number of fused-ring (bicyclic) bond motifs is 6. The number of carbonyl (C=O) groups is 1. The third kappa shape index (κ3) is 5.74. The first kappa shape index (κ1) is 32.2. The zero-order chi connectivity index (χ0) is 34.8. The Morgan fingerprint density at radius 3 is 2.37 bits per heavy atom. The van der Waals surface area contributed by atoms with Gasteiger partial charge in [-0.15, -0.1) is 0 Å². The number of anilines is 1. The van der Waals surface area contributed by atoms with E-state index >= 15 is 4.39 Å². The van der Waals surface area contributed by atoms with Crippen molar-refractivity contribution in [2.75, 3.05) is 23.8 Å². The van der Waals surface area contributed by atoms with E-state index in [4.69, 9.17) is 9.40 Å². The number of pyridine rings is 1. The molecule has 0 aliphatic rings. The molecule has 11 nitrogen and oxygen atoms in total. The molecule has 0 fully saturated rings. The van der Waals surface area contributed by atoms with E-state index in [-0.39, 0.29) is 50.8 Å².